The summed E-state index contributed by atoms with van der Waals surface area (Å²) in [6, 6.07) is 10.3. The third kappa shape index (κ3) is 3.78. The van der Waals surface area contributed by atoms with Crippen molar-refractivity contribution < 1.29 is 18.7 Å². The molecule has 0 spiro atoms. The molecule has 0 aliphatic carbocycles. The summed E-state index contributed by atoms with van der Waals surface area (Å²) in [4.78, 5) is 0. The fourth-order valence-electron chi connectivity index (χ4n) is 2.00. The summed E-state index contributed by atoms with van der Waals surface area (Å²) in [5, 5.41) is 12.2. The first-order valence-corrected chi connectivity index (χ1v) is 6.52. The summed E-state index contributed by atoms with van der Waals surface area (Å²) < 4.78 is 31.8. The lowest BCUT2D eigenvalue weighted by molar-refractivity contribution is 0.302. The minimum atomic E-state index is -0.645. The van der Waals surface area contributed by atoms with E-state index in [1.165, 1.54) is 12.1 Å². The number of nitrogens with zero attached hydrogens (tertiary/aromatic N) is 1. The highest BCUT2D eigenvalue weighted by Crippen LogP contribution is 2.21. The molecule has 0 aliphatic rings. The van der Waals surface area contributed by atoms with Gasteiger partial charge in [-0.3, -0.25) is 0 Å². The van der Waals surface area contributed by atoms with E-state index in [0.717, 1.165) is 6.07 Å². The van der Waals surface area contributed by atoms with Gasteiger partial charge < -0.3 is 9.94 Å². The molecule has 0 amide bonds. The van der Waals surface area contributed by atoms with Crippen molar-refractivity contribution in [1.29, 1.82) is 0 Å². The number of hydrogen-bond acceptors (Lipinski definition) is 3. The zero-order valence-corrected chi connectivity index (χ0v) is 11.5. The van der Waals surface area contributed by atoms with Crippen LogP contribution in [0.25, 0.3) is 0 Å². The molecular weight excluding hydrogens is 276 g/mol. The zero-order chi connectivity index (χ0) is 15.2. The van der Waals surface area contributed by atoms with Gasteiger partial charge >= 0.3 is 0 Å². The van der Waals surface area contributed by atoms with Crippen LogP contribution in [0.2, 0.25) is 0 Å². The van der Waals surface area contributed by atoms with Gasteiger partial charge in [0.05, 0.1) is 5.71 Å². The molecule has 1 N–H and O–H groups in total. The van der Waals surface area contributed by atoms with Crippen LogP contribution in [-0.4, -0.2) is 10.9 Å². The first kappa shape index (κ1) is 15.0. The first-order chi connectivity index (χ1) is 10.1. The predicted molar refractivity (Wildman–Crippen MR) is 75.7 cm³/mol. The number of ether oxygens (including phenoxy) is 1. The van der Waals surface area contributed by atoms with Gasteiger partial charge in [-0.05, 0) is 36.2 Å². The lowest BCUT2D eigenvalue weighted by Crippen LogP contribution is -2.05. The monoisotopic (exact) mass is 291 g/mol. The maximum atomic E-state index is 13.1. The molecule has 3 nitrogen and oxygen atoms in total. The summed E-state index contributed by atoms with van der Waals surface area (Å²) in [5.74, 6) is -0.794. The minimum absolute atomic E-state index is 0.0219. The molecular formula is C16H15F2NO2. The largest absolute Gasteiger partial charge is 0.488 e. The molecule has 2 aromatic carbocycles. The van der Waals surface area contributed by atoms with Gasteiger partial charge in [-0.25, -0.2) is 8.78 Å². The van der Waals surface area contributed by atoms with E-state index in [1.807, 2.05) is 6.92 Å². The molecule has 0 atom stereocenters. The van der Waals surface area contributed by atoms with Gasteiger partial charge in [0, 0.05) is 11.6 Å². The Kier molecular flexibility index (Phi) is 4.87. The smallest absolute Gasteiger partial charge is 0.128 e. The van der Waals surface area contributed by atoms with Crippen LogP contribution < -0.4 is 4.74 Å². The second kappa shape index (κ2) is 6.83. The van der Waals surface area contributed by atoms with Crippen LogP contribution in [0.4, 0.5) is 8.78 Å². The number of hydrogen-bond donors (Lipinski definition) is 1. The second-order valence-electron chi connectivity index (χ2n) is 4.46. The zero-order valence-electron chi connectivity index (χ0n) is 11.5. The molecule has 0 heterocycles. The van der Waals surface area contributed by atoms with Crippen molar-refractivity contribution in [3.63, 3.8) is 0 Å². The third-order valence-corrected chi connectivity index (χ3v) is 2.97. The van der Waals surface area contributed by atoms with Gasteiger partial charge in [0.15, 0.2) is 0 Å². The Labute approximate surface area is 121 Å². The van der Waals surface area contributed by atoms with Crippen LogP contribution in [0.5, 0.6) is 5.75 Å². The van der Waals surface area contributed by atoms with E-state index in [2.05, 4.69) is 5.16 Å². The predicted octanol–water partition coefficient (Wildman–Crippen LogP) is 4.13. The van der Waals surface area contributed by atoms with Crippen LogP contribution in [0.1, 0.15) is 24.5 Å². The fourth-order valence-corrected chi connectivity index (χ4v) is 2.00. The van der Waals surface area contributed by atoms with Crippen LogP contribution in [-0.2, 0) is 6.61 Å². The molecule has 0 aliphatic heterocycles. The first-order valence-electron chi connectivity index (χ1n) is 6.52. The molecule has 2 aromatic rings. The molecule has 21 heavy (non-hydrogen) atoms. The van der Waals surface area contributed by atoms with Crippen LogP contribution >= 0.6 is 0 Å². The molecule has 0 unspecified atom stereocenters. The topological polar surface area (TPSA) is 41.8 Å². The summed E-state index contributed by atoms with van der Waals surface area (Å²) in [7, 11) is 0. The Morgan fingerprint density at radius 3 is 2.43 bits per heavy atom. The highest BCUT2D eigenvalue weighted by Gasteiger charge is 2.10. The number of halogens is 2. The van der Waals surface area contributed by atoms with Gasteiger partial charge in [0.25, 0.3) is 0 Å². The van der Waals surface area contributed by atoms with Crippen LogP contribution in [0.15, 0.2) is 47.6 Å². The summed E-state index contributed by atoms with van der Waals surface area (Å²) in [6.07, 6.45) is 0.533. The van der Waals surface area contributed by atoms with E-state index >= 15 is 0 Å². The van der Waals surface area contributed by atoms with E-state index in [1.54, 1.807) is 24.3 Å². The quantitative estimate of drug-likeness (QED) is 0.511. The molecule has 0 bridgehead atoms. The average molecular weight is 291 g/mol. The summed E-state index contributed by atoms with van der Waals surface area (Å²) in [5.41, 5.74) is 1.52. The van der Waals surface area contributed by atoms with Gasteiger partial charge in [0.2, 0.25) is 0 Å². The van der Waals surface area contributed by atoms with Crippen molar-refractivity contribution in [1.82, 2.24) is 0 Å². The van der Waals surface area contributed by atoms with Gasteiger partial charge in [-0.2, -0.15) is 0 Å². The SMILES string of the molecule is CC/C(=N/O)c1ccccc1OCc1cc(F)cc(F)c1. The van der Waals surface area contributed by atoms with Crippen molar-refractivity contribution in [2.45, 2.75) is 20.0 Å². The number of oxime groups is 1. The number of para-hydroxylation sites is 1. The van der Waals surface area contributed by atoms with E-state index in [-0.39, 0.29) is 6.61 Å². The van der Waals surface area contributed by atoms with E-state index in [0.29, 0.717) is 29.0 Å². The maximum Gasteiger partial charge on any atom is 0.128 e. The molecule has 0 saturated heterocycles. The lowest BCUT2D eigenvalue weighted by atomic mass is 10.1. The molecule has 0 fully saturated rings. The van der Waals surface area contributed by atoms with Crippen molar-refractivity contribution in [3.05, 3.63) is 65.2 Å². The average Bonchev–Trinajstić information content (AvgIpc) is 2.46. The van der Waals surface area contributed by atoms with Gasteiger partial charge in [-0.1, -0.05) is 24.2 Å². The Balaban J connectivity index is 2.20. The van der Waals surface area contributed by atoms with Crippen molar-refractivity contribution >= 4 is 5.71 Å². The van der Waals surface area contributed by atoms with Crippen LogP contribution in [0.3, 0.4) is 0 Å². The van der Waals surface area contributed by atoms with Gasteiger partial charge in [-0.15, -0.1) is 0 Å². The molecule has 0 radical (unpaired) electrons. The lowest BCUT2D eigenvalue weighted by Gasteiger charge is -2.12. The highest BCUT2D eigenvalue weighted by atomic mass is 19.1. The molecule has 0 aromatic heterocycles. The molecule has 2 rings (SSSR count). The number of rotatable bonds is 5. The number of benzene rings is 2. The van der Waals surface area contributed by atoms with Crippen molar-refractivity contribution in [2.75, 3.05) is 0 Å². The summed E-state index contributed by atoms with van der Waals surface area (Å²) >= 11 is 0. The van der Waals surface area contributed by atoms with E-state index < -0.39 is 11.6 Å². The Bertz CT molecular complexity index is 636. The molecule has 110 valence electrons. The minimum Gasteiger partial charge on any atom is -0.488 e. The Hall–Kier alpha value is -2.43. The molecule has 0 saturated carbocycles. The van der Waals surface area contributed by atoms with Crippen LogP contribution in [0, 0.1) is 11.6 Å². The maximum absolute atomic E-state index is 13.1. The summed E-state index contributed by atoms with van der Waals surface area (Å²) in [6.45, 7) is 1.88. The Morgan fingerprint density at radius 1 is 1.14 bits per heavy atom. The normalized spacial score (nSPS) is 11.5. The Morgan fingerprint density at radius 2 is 1.81 bits per heavy atom. The van der Waals surface area contributed by atoms with Crippen molar-refractivity contribution in [3.8, 4) is 5.75 Å². The fraction of sp³-hybridized carbons (Fsp3) is 0.188. The van der Waals surface area contributed by atoms with E-state index in [4.69, 9.17) is 9.94 Å². The van der Waals surface area contributed by atoms with Crippen molar-refractivity contribution in [2.24, 2.45) is 5.16 Å². The third-order valence-electron chi connectivity index (χ3n) is 2.97. The highest BCUT2D eigenvalue weighted by molar-refractivity contribution is 6.02. The molecule has 5 heteroatoms. The van der Waals surface area contributed by atoms with E-state index in [9.17, 15) is 8.78 Å². The standard InChI is InChI=1S/C16H15F2NO2/c1-2-15(19-20)14-5-3-4-6-16(14)21-10-11-7-12(17)9-13(18)8-11/h3-9,20H,2,10H2,1H3/b19-15-. The second-order valence-corrected chi connectivity index (χ2v) is 4.46. The van der Waals surface area contributed by atoms with Gasteiger partial charge in [0.1, 0.15) is 24.0 Å².